The van der Waals surface area contributed by atoms with Crippen LogP contribution in [-0.2, 0) is 20.6 Å². The number of rotatable bonds is 21. The molecule has 0 aliphatic carbocycles. The van der Waals surface area contributed by atoms with Gasteiger partial charge < -0.3 is 45.7 Å². The number of likely N-dealkylation sites (tertiary alicyclic amines) is 1. The first-order valence-electron chi connectivity index (χ1n) is 27.8. The minimum Gasteiger partial charge on any atom is -0.391 e. The van der Waals surface area contributed by atoms with E-state index in [9.17, 15) is 47.0 Å². The van der Waals surface area contributed by atoms with Crippen molar-refractivity contribution in [1.29, 1.82) is 0 Å². The summed E-state index contributed by atoms with van der Waals surface area (Å²) in [4.78, 5) is 94.0. The number of anilines is 2. The number of piperazine rings is 1. The third-order valence-corrected chi connectivity index (χ3v) is 16.4. The number of carbonyl (C=O) groups excluding carboxylic acids is 5. The second-order valence-electron chi connectivity index (χ2n) is 21.9. The third kappa shape index (κ3) is 14.9. The predicted molar refractivity (Wildman–Crippen MR) is 307 cm³/mol. The summed E-state index contributed by atoms with van der Waals surface area (Å²) in [7, 11) is 1.98. The molecule has 6 aromatic rings. The number of aliphatic hydroxyl groups is 1. The monoisotopic (exact) mass is 1170 g/mol. The van der Waals surface area contributed by atoms with E-state index in [0.29, 0.717) is 80.3 Å². The van der Waals surface area contributed by atoms with Crippen LogP contribution in [-0.4, -0.2) is 124 Å². The highest BCUT2D eigenvalue weighted by molar-refractivity contribution is 7.13. The lowest BCUT2D eigenvalue weighted by molar-refractivity contribution is -0.141. The third-order valence-electron chi connectivity index (χ3n) is 15.4. The summed E-state index contributed by atoms with van der Waals surface area (Å²) in [6, 6.07) is 16.5. The molecule has 2 aliphatic heterocycles. The second-order valence-corrected chi connectivity index (χ2v) is 22.8. The van der Waals surface area contributed by atoms with E-state index in [4.69, 9.17) is 4.52 Å². The topological polar surface area (TPSA) is 235 Å². The van der Waals surface area contributed by atoms with Crippen LogP contribution in [0.3, 0.4) is 0 Å². The highest BCUT2D eigenvalue weighted by atomic mass is 32.1. The fraction of sp³-hybridized carbons (Fsp3) is 0.433. The Labute approximate surface area is 482 Å². The number of aliphatic hydroxyl groups excluding tert-OH is 1. The van der Waals surface area contributed by atoms with E-state index in [1.807, 2.05) is 70.8 Å². The van der Waals surface area contributed by atoms with Crippen molar-refractivity contribution in [3.05, 3.63) is 140 Å². The van der Waals surface area contributed by atoms with Gasteiger partial charge in [0.15, 0.2) is 0 Å². The summed E-state index contributed by atoms with van der Waals surface area (Å²) in [5.74, 6) is -4.05. The number of halogens is 4. The average Bonchev–Trinajstić information content (AvgIpc) is 4.29. The van der Waals surface area contributed by atoms with E-state index in [1.54, 1.807) is 30.6 Å². The summed E-state index contributed by atoms with van der Waals surface area (Å²) in [5, 5.41) is 26.2. The van der Waals surface area contributed by atoms with Gasteiger partial charge in [-0.15, -0.1) is 11.3 Å². The lowest BCUT2D eigenvalue weighted by atomic mass is 9.91. The van der Waals surface area contributed by atoms with Gasteiger partial charge in [0.25, 0.3) is 11.8 Å². The Kier molecular flexibility index (Phi) is 19.7. The Morgan fingerprint density at radius 2 is 1.55 bits per heavy atom. The largest absolute Gasteiger partial charge is 0.417 e. The van der Waals surface area contributed by atoms with Gasteiger partial charge in [0.1, 0.15) is 23.5 Å². The van der Waals surface area contributed by atoms with E-state index < -0.39 is 70.5 Å². The van der Waals surface area contributed by atoms with Crippen LogP contribution in [0.15, 0.2) is 93.8 Å². The Bertz CT molecular complexity index is 3350. The van der Waals surface area contributed by atoms with Crippen LogP contribution in [0.25, 0.3) is 21.6 Å². The lowest BCUT2D eigenvalue weighted by Gasteiger charge is -2.44. The summed E-state index contributed by atoms with van der Waals surface area (Å²) < 4.78 is 63.3. The zero-order valence-electron chi connectivity index (χ0n) is 47.4. The maximum Gasteiger partial charge on any atom is 0.417 e. The average molecular weight is 1170 g/mol. The van der Waals surface area contributed by atoms with Gasteiger partial charge in [-0.25, -0.2) is 9.37 Å². The van der Waals surface area contributed by atoms with Crippen LogP contribution >= 0.6 is 11.3 Å². The quantitative estimate of drug-likeness (QED) is 0.0293. The van der Waals surface area contributed by atoms with Crippen LogP contribution in [0.5, 0.6) is 0 Å². The molecule has 0 radical (unpaired) electrons. The maximum atomic E-state index is 15.7. The van der Waals surface area contributed by atoms with Crippen LogP contribution in [0.4, 0.5) is 28.9 Å². The number of alkyl halides is 3. The number of aromatic amines is 1. The molecule has 83 heavy (non-hydrogen) atoms. The van der Waals surface area contributed by atoms with Gasteiger partial charge in [-0.05, 0) is 101 Å². The number of aryl methyl sites for hydroxylation is 2. The molecule has 442 valence electrons. The highest BCUT2D eigenvalue weighted by Crippen LogP contribution is 2.38. The lowest BCUT2D eigenvalue weighted by Crippen LogP contribution is -2.55. The minimum absolute atomic E-state index is 0.0114. The summed E-state index contributed by atoms with van der Waals surface area (Å²) >= 11 is 1.50. The van der Waals surface area contributed by atoms with Crippen molar-refractivity contribution in [2.45, 2.75) is 122 Å². The summed E-state index contributed by atoms with van der Waals surface area (Å²) in [5.41, 5.74) is 2.57. The molecule has 2 aliphatic rings. The molecule has 2 unspecified atom stereocenters. The van der Waals surface area contributed by atoms with Crippen LogP contribution in [0.1, 0.15) is 127 Å². The van der Waals surface area contributed by atoms with Crippen molar-refractivity contribution >= 4 is 52.2 Å². The van der Waals surface area contributed by atoms with Crippen LogP contribution in [0.2, 0.25) is 0 Å². The number of H-pyrrole nitrogens is 1. The van der Waals surface area contributed by atoms with Crippen LogP contribution in [0, 0.1) is 25.6 Å². The number of pyridine rings is 1. The summed E-state index contributed by atoms with van der Waals surface area (Å²) in [6.07, 6.45) is -2.74. The van der Waals surface area contributed by atoms with Gasteiger partial charge in [0.05, 0.1) is 62.8 Å². The van der Waals surface area contributed by atoms with E-state index in [-0.39, 0.29) is 78.1 Å². The molecule has 6 N–H and O–H groups in total. The number of carbonyl (C=O) groups is 5. The number of nitrogens with one attached hydrogen (secondary N) is 5. The first-order valence-corrected chi connectivity index (χ1v) is 28.6. The number of unbranched alkanes of at least 4 members (excludes halogenated alkanes) is 3. The van der Waals surface area contributed by atoms with E-state index >= 15 is 4.39 Å². The molecule has 8 rings (SSSR count). The van der Waals surface area contributed by atoms with Crippen molar-refractivity contribution in [2.24, 2.45) is 5.92 Å². The molecule has 0 spiro atoms. The van der Waals surface area contributed by atoms with E-state index in [1.165, 1.54) is 34.4 Å². The number of amides is 5. The van der Waals surface area contributed by atoms with E-state index in [2.05, 4.69) is 41.3 Å². The molecule has 5 amide bonds. The zero-order chi connectivity index (χ0) is 59.9. The SMILES string of the molecule is Cc1cc(C(C(=O)N2C[C@H](O)C[C@H]2C(=O)NC(CC(=O)NCCCCCCNC(=O)c2ccc(F)c(-c3ccc(N4C[C@@H](C)N(C)[C@@H](C)C4)c(NC(=O)c4c[nH]c(=O)cc4C(F)(F)F)c3)c2)c2ccc(-c3scnc3C)cc2)C(C)C)on1. The molecule has 18 nitrogen and oxygen atoms in total. The number of hydrogen-bond acceptors (Lipinski definition) is 13. The minimum atomic E-state index is -5.01. The van der Waals surface area contributed by atoms with E-state index in [0.717, 1.165) is 22.2 Å². The number of aromatic nitrogens is 3. The van der Waals surface area contributed by atoms with Gasteiger partial charge >= 0.3 is 6.18 Å². The van der Waals surface area contributed by atoms with Gasteiger partial charge in [-0.2, -0.15) is 13.2 Å². The van der Waals surface area contributed by atoms with Gasteiger partial charge in [0, 0.05) is 80.7 Å². The highest BCUT2D eigenvalue weighted by Gasteiger charge is 2.44. The first kappa shape index (κ1) is 61.3. The molecule has 5 heterocycles. The molecule has 0 bridgehead atoms. The maximum absolute atomic E-state index is 15.7. The molecular formula is C60H70F4N10O8S. The number of likely N-dealkylation sites (N-methyl/N-ethyl adjacent to an activating group) is 1. The summed E-state index contributed by atoms with van der Waals surface area (Å²) in [6.45, 7) is 13.1. The first-order chi connectivity index (χ1) is 39.5. The second kappa shape index (κ2) is 26.7. The zero-order valence-corrected chi connectivity index (χ0v) is 48.2. The Hall–Kier alpha value is -7.76. The fourth-order valence-electron chi connectivity index (χ4n) is 10.8. The molecule has 2 fully saturated rings. The molecule has 2 saturated heterocycles. The number of hydrogen-bond donors (Lipinski definition) is 6. The molecule has 0 saturated carbocycles. The molecule has 23 heteroatoms. The van der Waals surface area contributed by atoms with Crippen molar-refractivity contribution in [2.75, 3.05) is 50.0 Å². The van der Waals surface area contributed by atoms with Crippen molar-refractivity contribution < 1.29 is 51.2 Å². The number of β-amino-alcohol motifs (C(OH)–C–C–N with tert-alkyl or cyclic N) is 1. The molecular weight excluding hydrogens is 1100 g/mol. The van der Waals surface area contributed by atoms with Gasteiger partial charge in [0.2, 0.25) is 23.3 Å². The Morgan fingerprint density at radius 3 is 2.19 bits per heavy atom. The predicted octanol–water partition coefficient (Wildman–Crippen LogP) is 8.76. The Morgan fingerprint density at radius 1 is 0.867 bits per heavy atom. The van der Waals surface area contributed by atoms with Crippen molar-refractivity contribution in [3.8, 4) is 21.6 Å². The van der Waals surface area contributed by atoms with Gasteiger partial charge in [-0.1, -0.05) is 62.2 Å². The molecule has 6 atom stereocenters. The normalized spacial score (nSPS) is 18.2. The molecule has 3 aromatic heterocycles. The van der Waals surface area contributed by atoms with Crippen molar-refractivity contribution in [1.82, 2.24) is 40.9 Å². The Balaban J connectivity index is 0.864. The number of nitrogens with zero attached hydrogens (tertiary/aromatic N) is 5. The standard InChI is InChI=1S/C60H70F4N10O8S/c1-33(2)54(51-22-34(3)71-82-51)59(81)74-31-42(75)25-50(74)58(80)69-47(38-12-14-39(15-13-38)55-37(6)68-32-83-55)27-53(77)65-20-10-8-9-11-21-66-56(78)41-16-18-46(61)43(23-41)40-17-19-49(73-29-35(4)72(7)36(5)30-73)48(24-40)70-57(79)44-28-67-52(76)26-45(44)60(62,63)64/h12-19,22-24,26,28,32-33,35-36,42,47,50,54,75H,8-11,20-21,25,27,29-31H2,1-7H3,(H,65,77)(H,66,78)(H,67,76)(H,69,80)(H,70,79)/t35-,36+,42-,47?,50+,54?/m1/s1. The van der Waals surface area contributed by atoms with Crippen LogP contribution < -0.4 is 31.7 Å². The number of thiazole rings is 1. The van der Waals surface area contributed by atoms with Gasteiger partial charge in [-0.3, -0.25) is 33.7 Å². The molecule has 3 aromatic carbocycles. The van der Waals surface area contributed by atoms with Crippen molar-refractivity contribution in [3.63, 3.8) is 0 Å². The smallest absolute Gasteiger partial charge is 0.391 e. The fourth-order valence-corrected chi connectivity index (χ4v) is 11.6. The number of benzene rings is 3.